The predicted molar refractivity (Wildman–Crippen MR) is 367 cm³/mol. The van der Waals surface area contributed by atoms with Crippen molar-refractivity contribution in [1.29, 1.82) is 0 Å². The minimum atomic E-state index is -4.95. The van der Waals surface area contributed by atoms with Crippen LogP contribution in [0.1, 0.15) is 357 Å². The van der Waals surface area contributed by atoms with Crippen LogP contribution in [0.25, 0.3) is 0 Å². The lowest BCUT2D eigenvalue weighted by Crippen LogP contribution is -2.30. The number of ether oxygens (including phenoxy) is 4. The average Bonchev–Trinajstić information content (AvgIpc) is 3.15. The number of unbranched alkanes of at least 4 members (excludes halogenated alkanes) is 34. The summed E-state index contributed by atoms with van der Waals surface area (Å²) in [5, 5.41) is 10.6. The number of aliphatic hydroxyl groups is 1. The lowest BCUT2D eigenvalue weighted by molar-refractivity contribution is -0.161. The molecule has 0 amide bonds. The maximum absolute atomic E-state index is 13.0. The molecular formula is C72H140O17P2. The number of phosphoric ester groups is 2. The van der Waals surface area contributed by atoms with E-state index in [1.165, 1.54) is 154 Å². The van der Waals surface area contributed by atoms with Gasteiger partial charge < -0.3 is 33.8 Å². The predicted octanol–water partition coefficient (Wildman–Crippen LogP) is 20.5. The lowest BCUT2D eigenvalue weighted by atomic mass is 9.99. The van der Waals surface area contributed by atoms with Crippen molar-refractivity contribution in [1.82, 2.24) is 0 Å². The average molecular weight is 1340 g/mol. The van der Waals surface area contributed by atoms with E-state index in [1.807, 2.05) is 0 Å². The first-order chi connectivity index (χ1) is 43.6. The Morgan fingerprint density at radius 3 is 0.780 bits per heavy atom. The SMILES string of the molecule is CCC(C)CCCCCCCCCCCCC(=O)O[C@H](COC(=O)CCCCCCCCCC(C)C)COP(=O)(O)OCC(O)COP(=O)(O)OC[C@@H](COC(=O)CCCCCCCCCCC(C)C)OC(=O)CCCCCCCCCCCCCCCC(C)C. The third kappa shape index (κ3) is 65.1. The third-order valence-corrected chi connectivity index (χ3v) is 18.8. The summed E-state index contributed by atoms with van der Waals surface area (Å²) in [7, 11) is -9.91. The normalized spacial score (nSPS) is 14.5. The molecule has 0 aliphatic rings. The number of phosphoric acid groups is 2. The molecule has 0 radical (unpaired) electrons. The van der Waals surface area contributed by atoms with Crippen molar-refractivity contribution >= 4 is 39.5 Å². The molecule has 540 valence electrons. The van der Waals surface area contributed by atoms with Crippen LogP contribution in [0, 0.1) is 23.7 Å². The Morgan fingerprint density at radius 1 is 0.308 bits per heavy atom. The van der Waals surface area contributed by atoms with Crippen LogP contribution >= 0.6 is 15.6 Å². The molecule has 0 rings (SSSR count). The molecule has 0 aromatic rings. The van der Waals surface area contributed by atoms with E-state index in [-0.39, 0.29) is 25.7 Å². The smallest absolute Gasteiger partial charge is 0.462 e. The van der Waals surface area contributed by atoms with Gasteiger partial charge in [-0.25, -0.2) is 9.13 Å². The van der Waals surface area contributed by atoms with Crippen molar-refractivity contribution in [3.8, 4) is 0 Å². The Labute approximate surface area is 556 Å². The summed E-state index contributed by atoms with van der Waals surface area (Å²) in [4.78, 5) is 72.6. The number of carbonyl (C=O) groups is 4. The number of rotatable bonds is 69. The summed E-state index contributed by atoms with van der Waals surface area (Å²) >= 11 is 0. The first-order valence-electron chi connectivity index (χ1n) is 37.2. The third-order valence-electron chi connectivity index (χ3n) is 16.9. The van der Waals surface area contributed by atoms with Crippen molar-refractivity contribution in [2.45, 2.75) is 375 Å². The molecule has 6 atom stereocenters. The van der Waals surface area contributed by atoms with Crippen LogP contribution in [0.4, 0.5) is 0 Å². The van der Waals surface area contributed by atoms with Crippen molar-refractivity contribution < 1.29 is 80.2 Å². The largest absolute Gasteiger partial charge is 0.472 e. The van der Waals surface area contributed by atoms with E-state index in [0.29, 0.717) is 31.6 Å². The van der Waals surface area contributed by atoms with Crippen LogP contribution in [-0.2, 0) is 65.4 Å². The van der Waals surface area contributed by atoms with Crippen LogP contribution in [-0.4, -0.2) is 96.7 Å². The Bertz CT molecular complexity index is 1800. The second kappa shape index (κ2) is 61.6. The van der Waals surface area contributed by atoms with Gasteiger partial charge in [0.05, 0.1) is 26.4 Å². The van der Waals surface area contributed by atoms with E-state index in [4.69, 9.17) is 37.0 Å². The van der Waals surface area contributed by atoms with Crippen LogP contribution in [0.15, 0.2) is 0 Å². The minimum absolute atomic E-state index is 0.105. The fourth-order valence-electron chi connectivity index (χ4n) is 10.8. The Hall–Kier alpha value is -1.94. The highest BCUT2D eigenvalue weighted by Gasteiger charge is 2.30. The Morgan fingerprint density at radius 2 is 0.527 bits per heavy atom. The summed E-state index contributed by atoms with van der Waals surface area (Å²) < 4.78 is 68.4. The molecule has 4 unspecified atom stereocenters. The van der Waals surface area contributed by atoms with E-state index < -0.39 is 97.5 Å². The molecule has 0 fully saturated rings. The van der Waals surface area contributed by atoms with Gasteiger partial charge in [-0.2, -0.15) is 0 Å². The van der Waals surface area contributed by atoms with E-state index >= 15 is 0 Å². The molecule has 0 saturated carbocycles. The number of hydrogen-bond acceptors (Lipinski definition) is 15. The van der Waals surface area contributed by atoms with Gasteiger partial charge in [-0.1, -0.05) is 306 Å². The van der Waals surface area contributed by atoms with Gasteiger partial charge in [-0.15, -0.1) is 0 Å². The Balaban J connectivity index is 5.25. The van der Waals surface area contributed by atoms with Gasteiger partial charge in [-0.05, 0) is 49.4 Å². The van der Waals surface area contributed by atoms with E-state index in [1.54, 1.807) is 0 Å². The minimum Gasteiger partial charge on any atom is -0.462 e. The van der Waals surface area contributed by atoms with E-state index in [0.717, 1.165) is 114 Å². The molecular weight excluding hydrogens is 1200 g/mol. The second-order valence-electron chi connectivity index (χ2n) is 27.6. The molecule has 91 heavy (non-hydrogen) atoms. The zero-order valence-electron chi connectivity index (χ0n) is 59.5. The van der Waals surface area contributed by atoms with Gasteiger partial charge in [0, 0.05) is 25.7 Å². The zero-order chi connectivity index (χ0) is 67.5. The molecule has 3 N–H and O–H groups in total. The maximum Gasteiger partial charge on any atom is 0.472 e. The second-order valence-corrected chi connectivity index (χ2v) is 30.6. The highest BCUT2D eigenvalue weighted by molar-refractivity contribution is 7.47. The highest BCUT2D eigenvalue weighted by Crippen LogP contribution is 2.45. The molecule has 0 spiro atoms. The fourth-order valence-corrected chi connectivity index (χ4v) is 12.4. The quantitative estimate of drug-likeness (QED) is 0.0222. The van der Waals surface area contributed by atoms with E-state index in [2.05, 4.69) is 55.4 Å². The zero-order valence-corrected chi connectivity index (χ0v) is 61.3. The molecule has 19 heteroatoms. The molecule has 0 aliphatic carbocycles. The molecule has 0 aromatic heterocycles. The summed E-state index contributed by atoms with van der Waals surface area (Å²) in [6.07, 6.45) is 44.4. The van der Waals surface area contributed by atoms with Crippen LogP contribution in [0.3, 0.4) is 0 Å². The first-order valence-corrected chi connectivity index (χ1v) is 40.2. The maximum atomic E-state index is 13.0. The summed E-state index contributed by atoms with van der Waals surface area (Å²) in [5.74, 6) is 0.893. The molecule has 0 heterocycles. The topological polar surface area (TPSA) is 237 Å². The monoisotopic (exact) mass is 1340 g/mol. The van der Waals surface area contributed by atoms with Crippen LogP contribution in [0.5, 0.6) is 0 Å². The van der Waals surface area contributed by atoms with Crippen LogP contribution < -0.4 is 0 Å². The molecule has 0 aliphatic heterocycles. The Kier molecular flexibility index (Phi) is 60.3. The lowest BCUT2D eigenvalue weighted by Gasteiger charge is -2.21. The van der Waals surface area contributed by atoms with Gasteiger partial charge in [-0.3, -0.25) is 37.3 Å². The van der Waals surface area contributed by atoms with Crippen molar-refractivity contribution in [3.05, 3.63) is 0 Å². The number of carbonyl (C=O) groups excluding carboxylic acids is 4. The van der Waals surface area contributed by atoms with Crippen molar-refractivity contribution in [2.24, 2.45) is 23.7 Å². The van der Waals surface area contributed by atoms with Gasteiger partial charge in [0.15, 0.2) is 12.2 Å². The first kappa shape index (κ1) is 89.1. The highest BCUT2D eigenvalue weighted by atomic mass is 31.2. The summed E-state index contributed by atoms with van der Waals surface area (Å²) in [5.41, 5.74) is 0. The van der Waals surface area contributed by atoms with Gasteiger partial charge in [0.1, 0.15) is 19.3 Å². The molecule has 0 aromatic carbocycles. The number of esters is 4. The molecule has 0 bridgehead atoms. The van der Waals surface area contributed by atoms with Crippen LogP contribution in [0.2, 0.25) is 0 Å². The van der Waals surface area contributed by atoms with Gasteiger partial charge >= 0.3 is 39.5 Å². The molecule has 17 nitrogen and oxygen atoms in total. The number of aliphatic hydroxyl groups excluding tert-OH is 1. The summed E-state index contributed by atoms with van der Waals surface area (Å²) in [6.45, 7) is 14.1. The van der Waals surface area contributed by atoms with Gasteiger partial charge in [0.2, 0.25) is 0 Å². The van der Waals surface area contributed by atoms with Gasteiger partial charge in [0.25, 0.3) is 0 Å². The standard InChI is InChI=1S/C72H140O17P2/c1-9-65(8)51-43-35-27-18-15-16-20-30-39-47-55-72(77)89-68(59-83-70(75)53-45-37-31-23-26-34-42-50-64(6)7)61-87-91(80,81)85-57-66(73)56-84-90(78,79)86-60-67(58-82-69(74)52-44-36-28-22-21-25-33-41-49-63(4)5)88-71(76)54-46-38-29-19-14-12-10-11-13-17-24-32-40-48-62(2)3/h62-68,73H,9-61H2,1-8H3,(H,78,79)(H,80,81)/t65?,66?,67-,68-/m1/s1. The van der Waals surface area contributed by atoms with E-state index in [9.17, 15) is 43.2 Å². The van der Waals surface area contributed by atoms with Crippen molar-refractivity contribution in [3.63, 3.8) is 0 Å². The summed E-state index contributed by atoms with van der Waals surface area (Å²) in [6, 6.07) is 0. The fraction of sp³-hybridized carbons (Fsp3) is 0.944. The van der Waals surface area contributed by atoms with Crippen molar-refractivity contribution in [2.75, 3.05) is 39.6 Å². The molecule has 0 saturated heterocycles. The number of hydrogen-bond donors (Lipinski definition) is 3.